The standard InChI is InChI=1S/C9H19NS2.ClH/c1-2-9(5-3-6-10)11-7-4-8-12-9;/h2-8,10H2,1H3;1H. The summed E-state index contributed by atoms with van der Waals surface area (Å²) < 4.78 is 0.525. The monoisotopic (exact) mass is 241 g/mol. The van der Waals surface area contributed by atoms with Crippen molar-refractivity contribution in [2.24, 2.45) is 5.73 Å². The molecular formula is C9H20ClNS2. The summed E-state index contributed by atoms with van der Waals surface area (Å²) in [7, 11) is 0. The van der Waals surface area contributed by atoms with Crippen LogP contribution in [0.3, 0.4) is 0 Å². The molecule has 0 aromatic carbocycles. The van der Waals surface area contributed by atoms with E-state index in [1.807, 2.05) is 0 Å². The molecule has 1 heterocycles. The highest BCUT2D eigenvalue weighted by Crippen LogP contribution is 2.47. The van der Waals surface area contributed by atoms with Gasteiger partial charge in [-0.15, -0.1) is 35.9 Å². The molecule has 1 rings (SSSR count). The normalized spacial score (nSPS) is 20.8. The highest BCUT2D eigenvalue weighted by atomic mass is 35.5. The van der Waals surface area contributed by atoms with Gasteiger partial charge in [-0.1, -0.05) is 6.92 Å². The van der Waals surface area contributed by atoms with E-state index in [-0.39, 0.29) is 12.4 Å². The average molecular weight is 242 g/mol. The number of nitrogens with two attached hydrogens (primary N) is 1. The number of thioether (sulfide) groups is 2. The number of hydrogen-bond acceptors (Lipinski definition) is 3. The molecule has 2 N–H and O–H groups in total. The quantitative estimate of drug-likeness (QED) is 0.819. The SMILES string of the molecule is CCC1(CCCN)SCCCS1.Cl. The molecule has 0 aliphatic carbocycles. The van der Waals surface area contributed by atoms with Gasteiger partial charge in [-0.25, -0.2) is 0 Å². The van der Waals surface area contributed by atoms with Gasteiger partial charge in [0.05, 0.1) is 4.08 Å². The van der Waals surface area contributed by atoms with Crippen molar-refractivity contribution in [3.63, 3.8) is 0 Å². The van der Waals surface area contributed by atoms with Gasteiger partial charge in [0.1, 0.15) is 0 Å². The van der Waals surface area contributed by atoms with E-state index in [2.05, 4.69) is 30.4 Å². The Hall–Kier alpha value is 0.950. The van der Waals surface area contributed by atoms with Gasteiger partial charge in [-0.3, -0.25) is 0 Å². The van der Waals surface area contributed by atoms with Gasteiger partial charge in [0, 0.05) is 0 Å². The van der Waals surface area contributed by atoms with Crippen molar-refractivity contribution in [3.05, 3.63) is 0 Å². The van der Waals surface area contributed by atoms with E-state index >= 15 is 0 Å². The zero-order valence-corrected chi connectivity index (χ0v) is 10.7. The molecule has 0 aromatic heterocycles. The average Bonchev–Trinajstić information content (AvgIpc) is 2.16. The van der Waals surface area contributed by atoms with Crippen molar-refractivity contribution in [2.45, 2.75) is 36.7 Å². The maximum Gasteiger partial charge on any atom is 0.0609 e. The van der Waals surface area contributed by atoms with Crippen molar-refractivity contribution in [3.8, 4) is 0 Å². The van der Waals surface area contributed by atoms with Crippen LogP contribution < -0.4 is 5.73 Å². The zero-order valence-electron chi connectivity index (χ0n) is 8.25. The number of rotatable bonds is 4. The van der Waals surface area contributed by atoms with Crippen LogP contribution in [-0.2, 0) is 0 Å². The van der Waals surface area contributed by atoms with Crippen LogP contribution in [-0.4, -0.2) is 22.1 Å². The smallest absolute Gasteiger partial charge is 0.0609 e. The van der Waals surface area contributed by atoms with Crippen LogP contribution in [0, 0.1) is 0 Å². The minimum Gasteiger partial charge on any atom is -0.330 e. The fourth-order valence-corrected chi connectivity index (χ4v) is 4.84. The fourth-order valence-electron chi connectivity index (χ4n) is 1.51. The highest BCUT2D eigenvalue weighted by Gasteiger charge is 2.30. The topological polar surface area (TPSA) is 26.0 Å². The molecule has 80 valence electrons. The third-order valence-electron chi connectivity index (χ3n) is 2.32. The highest BCUT2D eigenvalue weighted by molar-refractivity contribution is 8.18. The van der Waals surface area contributed by atoms with Crippen LogP contribution in [0.5, 0.6) is 0 Å². The van der Waals surface area contributed by atoms with Crippen LogP contribution >= 0.6 is 35.9 Å². The molecule has 1 saturated heterocycles. The molecule has 0 atom stereocenters. The van der Waals surface area contributed by atoms with E-state index in [1.54, 1.807) is 0 Å². The first-order valence-corrected chi connectivity index (χ1v) is 6.78. The molecule has 0 amide bonds. The van der Waals surface area contributed by atoms with E-state index < -0.39 is 0 Å². The molecular weight excluding hydrogens is 222 g/mol. The molecule has 0 aromatic rings. The van der Waals surface area contributed by atoms with Crippen LogP contribution in [0.1, 0.15) is 32.6 Å². The van der Waals surface area contributed by atoms with Crippen LogP contribution in [0.4, 0.5) is 0 Å². The number of hydrogen-bond donors (Lipinski definition) is 1. The largest absolute Gasteiger partial charge is 0.330 e. The third kappa shape index (κ3) is 4.32. The molecule has 1 aliphatic heterocycles. The molecule has 0 spiro atoms. The molecule has 1 aliphatic rings. The maximum atomic E-state index is 5.54. The Balaban J connectivity index is 0.00000144. The zero-order chi connectivity index (χ0) is 8.86. The van der Waals surface area contributed by atoms with Gasteiger partial charge in [-0.2, -0.15) is 0 Å². The van der Waals surface area contributed by atoms with Crippen molar-refractivity contribution >= 4 is 35.9 Å². The minimum absolute atomic E-state index is 0. The van der Waals surface area contributed by atoms with Gasteiger partial charge < -0.3 is 5.73 Å². The summed E-state index contributed by atoms with van der Waals surface area (Å²) in [5, 5.41) is 0. The molecule has 1 nitrogen and oxygen atoms in total. The Bertz CT molecular complexity index is 127. The van der Waals surface area contributed by atoms with E-state index in [4.69, 9.17) is 5.73 Å². The second-order valence-corrected chi connectivity index (χ2v) is 6.42. The lowest BCUT2D eigenvalue weighted by atomic mass is 10.2. The van der Waals surface area contributed by atoms with Crippen molar-refractivity contribution in [1.82, 2.24) is 0 Å². The molecule has 1 fully saturated rings. The predicted octanol–water partition coefficient (Wildman–Crippen LogP) is 3.12. The van der Waals surface area contributed by atoms with Crippen LogP contribution in [0.2, 0.25) is 0 Å². The first kappa shape index (κ1) is 13.9. The van der Waals surface area contributed by atoms with Gasteiger partial charge in [0.2, 0.25) is 0 Å². The predicted molar refractivity (Wildman–Crippen MR) is 68.1 cm³/mol. The molecule has 0 bridgehead atoms. The Morgan fingerprint density at radius 3 is 2.38 bits per heavy atom. The lowest BCUT2D eigenvalue weighted by molar-refractivity contribution is 0.648. The molecule has 0 saturated carbocycles. The molecule has 4 heteroatoms. The van der Waals surface area contributed by atoms with Crippen LogP contribution in [0.25, 0.3) is 0 Å². The molecule has 13 heavy (non-hydrogen) atoms. The van der Waals surface area contributed by atoms with Crippen LogP contribution in [0.15, 0.2) is 0 Å². The molecule has 0 unspecified atom stereocenters. The lowest BCUT2D eigenvalue weighted by Crippen LogP contribution is -2.25. The Morgan fingerprint density at radius 1 is 1.31 bits per heavy atom. The van der Waals surface area contributed by atoms with E-state index in [0.717, 1.165) is 6.54 Å². The van der Waals surface area contributed by atoms with Gasteiger partial charge in [-0.05, 0) is 43.7 Å². The number of halogens is 1. The third-order valence-corrected chi connectivity index (χ3v) is 6.05. The van der Waals surface area contributed by atoms with E-state index in [1.165, 1.54) is 37.2 Å². The first-order valence-electron chi connectivity index (χ1n) is 4.81. The van der Waals surface area contributed by atoms with Crippen molar-refractivity contribution in [1.29, 1.82) is 0 Å². The second kappa shape index (κ2) is 7.27. The summed E-state index contributed by atoms with van der Waals surface area (Å²) in [6.45, 7) is 3.16. The van der Waals surface area contributed by atoms with Gasteiger partial charge in [0.25, 0.3) is 0 Å². The first-order chi connectivity index (χ1) is 5.83. The summed E-state index contributed by atoms with van der Waals surface area (Å²) in [4.78, 5) is 0. The Labute approximate surface area is 96.4 Å². The Morgan fingerprint density at radius 2 is 1.92 bits per heavy atom. The summed E-state index contributed by atoms with van der Waals surface area (Å²) in [6.07, 6.45) is 5.17. The summed E-state index contributed by atoms with van der Waals surface area (Å²) >= 11 is 4.32. The van der Waals surface area contributed by atoms with Gasteiger partial charge >= 0.3 is 0 Å². The lowest BCUT2D eigenvalue weighted by Gasteiger charge is -2.35. The van der Waals surface area contributed by atoms with E-state index in [9.17, 15) is 0 Å². The van der Waals surface area contributed by atoms with E-state index in [0.29, 0.717) is 4.08 Å². The van der Waals surface area contributed by atoms with Gasteiger partial charge in [0.15, 0.2) is 0 Å². The second-order valence-electron chi connectivity index (χ2n) is 3.21. The molecule has 0 radical (unpaired) electrons. The summed E-state index contributed by atoms with van der Waals surface area (Å²) in [5.74, 6) is 2.71. The summed E-state index contributed by atoms with van der Waals surface area (Å²) in [5.41, 5.74) is 5.54. The summed E-state index contributed by atoms with van der Waals surface area (Å²) in [6, 6.07) is 0. The fraction of sp³-hybridized carbons (Fsp3) is 1.00. The van der Waals surface area contributed by atoms with Crippen molar-refractivity contribution in [2.75, 3.05) is 18.1 Å². The minimum atomic E-state index is 0. The van der Waals surface area contributed by atoms with Crippen molar-refractivity contribution < 1.29 is 0 Å². The Kier molecular flexibility index (Phi) is 7.80. The maximum absolute atomic E-state index is 5.54.